The van der Waals surface area contributed by atoms with Crippen LogP contribution in [-0.2, 0) is 14.3 Å². The van der Waals surface area contributed by atoms with Crippen molar-refractivity contribution < 1.29 is 14.3 Å². The van der Waals surface area contributed by atoms with Crippen LogP contribution < -0.4 is 0 Å². The Kier molecular flexibility index (Phi) is 5.53. The highest BCUT2D eigenvalue weighted by Crippen LogP contribution is 2.22. The summed E-state index contributed by atoms with van der Waals surface area (Å²) in [4.78, 5) is 11.1. The summed E-state index contributed by atoms with van der Waals surface area (Å²) in [6.45, 7) is 7.81. The zero-order valence-electron chi connectivity index (χ0n) is 10.3. The van der Waals surface area contributed by atoms with Gasteiger partial charge in [-0.1, -0.05) is 6.58 Å². The van der Waals surface area contributed by atoms with Gasteiger partial charge in [0.05, 0.1) is 18.8 Å². The van der Waals surface area contributed by atoms with Crippen LogP contribution in [0.15, 0.2) is 12.2 Å². The van der Waals surface area contributed by atoms with Crippen LogP contribution in [0, 0.1) is 0 Å². The van der Waals surface area contributed by atoms with Gasteiger partial charge in [-0.05, 0) is 46.0 Å². The van der Waals surface area contributed by atoms with Crippen molar-refractivity contribution in [3.8, 4) is 0 Å². The van der Waals surface area contributed by atoms with Gasteiger partial charge in [0, 0.05) is 5.57 Å². The van der Waals surface area contributed by atoms with Gasteiger partial charge in [-0.2, -0.15) is 0 Å². The molecular weight excluding hydrogens is 204 g/mol. The average molecular weight is 226 g/mol. The van der Waals surface area contributed by atoms with Crippen molar-refractivity contribution in [2.75, 3.05) is 6.61 Å². The smallest absolute Gasteiger partial charge is 0.333 e. The fourth-order valence-electron chi connectivity index (χ4n) is 1.86. The largest absolute Gasteiger partial charge is 0.462 e. The Hall–Kier alpha value is -0.830. The van der Waals surface area contributed by atoms with Crippen LogP contribution in [0.2, 0.25) is 0 Å². The van der Waals surface area contributed by atoms with E-state index < -0.39 is 0 Å². The second-order valence-electron chi connectivity index (χ2n) is 4.56. The SMILES string of the molecule is C=C(C)C(=O)OCCCCC1CCC(C)O1. The maximum Gasteiger partial charge on any atom is 0.333 e. The van der Waals surface area contributed by atoms with Crippen LogP contribution in [0.4, 0.5) is 0 Å². The zero-order chi connectivity index (χ0) is 12.0. The molecule has 92 valence electrons. The fraction of sp³-hybridized carbons (Fsp3) is 0.769. The summed E-state index contributed by atoms with van der Waals surface area (Å²) in [6.07, 6.45) is 6.24. The van der Waals surface area contributed by atoms with Crippen molar-refractivity contribution in [1.82, 2.24) is 0 Å². The first-order valence-electron chi connectivity index (χ1n) is 6.07. The maximum atomic E-state index is 11.1. The first-order chi connectivity index (χ1) is 7.59. The summed E-state index contributed by atoms with van der Waals surface area (Å²) in [5.41, 5.74) is 0.466. The Morgan fingerprint density at radius 3 is 2.75 bits per heavy atom. The molecule has 1 saturated heterocycles. The summed E-state index contributed by atoms with van der Waals surface area (Å²) in [7, 11) is 0. The summed E-state index contributed by atoms with van der Waals surface area (Å²) in [5.74, 6) is -0.286. The maximum absolute atomic E-state index is 11.1. The first-order valence-corrected chi connectivity index (χ1v) is 6.07. The van der Waals surface area contributed by atoms with Gasteiger partial charge in [-0.3, -0.25) is 0 Å². The van der Waals surface area contributed by atoms with Crippen molar-refractivity contribution in [2.24, 2.45) is 0 Å². The average Bonchev–Trinajstić information content (AvgIpc) is 2.63. The van der Waals surface area contributed by atoms with E-state index in [4.69, 9.17) is 9.47 Å². The van der Waals surface area contributed by atoms with Crippen LogP contribution in [0.5, 0.6) is 0 Å². The molecule has 0 amide bonds. The Morgan fingerprint density at radius 2 is 2.19 bits per heavy atom. The van der Waals surface area contributed by atoms with E-state index in [0.29, 0.717) is 24.4 Å². The molecule has 1 heterocycles. The molecule has 0 aromatic heterocycles. The highest BCUT2D eigenvalue weighted by Gasteiger charge is 2.20. The number of hydrogen-bond acceptors (Lipinski definition) is 3. The molecule has 0 spiro atoms. The third kappa shape index (κ3) is 4.79. The van der Waals surface area contributed by atoms with Gasteiger partial charge in [-0.15, -0.1) is 0 Å². The van der Waals surface area contributed by atoms with E-state index in [-0.39, 0.29) is 5.97 Å². The molecule has 16 heavy (non-hydrogen) atoms. The van der Waals surface area contributed by atoms with Crippen LogP contribution in [0.3, 0.4) is 0 Å². The van der Waals surface area contributed by atoms with E-state index in [1.165, 1.54) is 12.8 Å². The summed E-state index contributed by atoms with van der Waals surface area (Å²) >= 11 is 0. The lowest BCUT2D eigenvalue weighted by molar-refractivity contribution is -0.139. The summed E-state index contributed by atoms with van der Waals surface area (Å²) in [5, 5.41) is 0. The van der Waals surface area contributed by atoms with Crippen LogP contribution in [-0.4, -0.2) is 24.8 Å². The molecule has 0 saturated carbocycles. The van der Waals surface area contributed by atoms with Gasteiger partial charge >= 0.3 is 5.97 Å². The second-order valence-corrected chi connectivity index (χ2v) is 4.56. The molecule has 1 aliphatic rings. The van der Waals surface area contributed by atoms with Crippen LogP contribution in [0.25, 0.3) is 0 Å². The minimum absolute atomic E-state index is 0.286. The summed E-state index contributed by atoms with van der Waals surface area (Å²) < 4.78 is 10.7. The molecule has 1 fully saturated rings. The van der Waals surface area contributed by atoms with Crippen LogP contribution in [0.1, 0.15) is 46.0 Å². The lowest BCUT2D eigenvalue weighted by atomic mass is 10.1. The van der Waals surface area contributed by atoms with Crippen molar-refractivity contribution in [2.45, 2.75) is 58.2 Å². The molecule has 1 aliphatic heterocycles. The lowest BCUT2D eigenvalue weighted by Crippen LogP contribution is -2.09. The zero-order valence-corrected chi connectivity index (χ0v) is 10.3. The summed E-state index contributed by atoms with van der Waals surface area (Å²) in [6, 6.07) is 0. The van der Waals surface area contributed by atoms with E-state index >= 15 is 0 Å². The number of hydrogen-bond donors (Lipinski definition) is 0. The molecule has 2 unspecified atom stereocenters. The quantitative estimate of drug-likeness (QED) is 0.397. The van der Waals surface area contributed by atoms with E-state index in [0.717, 1.165) is 19.3 Å². The number of esters is 1. The molecule has 0 N–H and O–H groups in total. The minimum Gasteiger partial charge on any atom is -0.462 e. The molecule has 0 aromatic rings. The number of carbonyl (C=O) groups is 1. The van der Waals surface area contributed by atoms with Gasteiger partial charge in [0.15, 0.2) is 0 Å². The molecule has 3 heteroatoms. The Morgan fingerprint density at radius 1 is 1.44 bits per heavy atom. The number of ether oxygens (including phenoxy) is 2. The van der Waals surface area contributed by atoms with Crippen molar-refractivity contribution in [3.63, 3.8) is 0 Å². The van der Waals surface area contributed by atoms with Crippen LogP contribution >= 0.6 is 0 Å². The van der Waals surface area contributed by atoms with Gasteiger partial charge in [-0.25, -0.2) is 4.79 Å². The monoisotopic (exact) mass is 226 g/mol. The Bertz CT molecular complexity index is 248. The van der Waals surface area contributed by atoms with Gasteiger partial charge in [0.1, 0.15) is 0 Å². The van der Waals surface area contributed by atoms with Gasteiger partial charge < -0.3 is 9.47 Å². The highest BCUT2D eigenvalue weighted by molar-refractivity contribution is 5.86. The first kappa shape index (κ1) is 13.2. The third-order valence-electron chi connectivity index (χ3n) is 2.82. The highest BCUT2D eigenvalue weighted by atomic mass is 16.5. The van der Waals surface area contributed by atoms with E-state index in [9.17, 15) is 4.79 Å². The molecule has 0 radical (unpaired) electrons. The Labute approximate surface area is 97.8 Å². The number of unbranched alkanes of at least 4 members (excludes halogenated alkanes) is 1. The topological polar surface area (TPSA) is 35.5 Å². The number of rotatable bonds is 6. The molecule has 3 nitrogen and oxygen atoms in total. The molecule has 1 rings (SSSR count). The second kappa shape index (κ2) is 6.69. The fourth-order valence-corrected chi connectivity index (χ4v) is 1.86. The van der Waals surface area contributed by atoms with Gasteiger partial charge in [0.2, 0.25) is 0 Å². The molecule has 0 aromatic carbocycles. The molecule has 0 aliphatic carbocycles. The van der Waals surface area contributed by atoms with Crippen molar-refractivity contribution >= 4 is 5.97 Å². The molecule has 2 atom stereocenters. The van der Waals surface area contributed by atoms with Crippen molar-refractivity contribution in [1.29, 1.82) is 0 Å². The van der Waals surface area contributed by atoms with E-state index in [1.54, 1.807) is 6.92 Å². The number of carbonyl (C=O) groups excluding carboxylic acids is 1. The van der Waals surface area contributed by atoms with E-state index in [1.807, 2.05) is 0 Å². The predicted octanol–water partition coefficient (Wildman–Crippen LogP) is 2.84. The molecular formula is C13H22O3. The van der Waals surface area contributed by atoms with Crippen molar-refractivity contribution in [3.05, 3.63) is 12.2 Å². The molecule has 0 bridgehead atoms. The third-order valence-corrected chi connectivity index (χ3v) is 2.82. The normalized spacial score (nSPS) is 24.4. The minimum atomic E-state index is -0.286. The lowest BCUT2D eigenvalue weighted by Gasteiger charge is -2.10. The standard InChI is InChI=1S/C13H22O3/c1-10(2)13(14)15-9-5-4-6-12-8-7-11(3)16-12/h11-12H,1,4-9H2,2-3H3. The van der Waals surface area contributed by atoms with E-state index in [2.05, 4.69) is 13.5 Å². The Balaban J connectivity index is 1.96. The van der Waals surface area contributed by atoms with Gasteiger partial charge in [0.25, 0.3) is 0 Å². The predicted molar refractivity (Wildman–Crippen MR) is 63.2 cm³/mol.